The van der Waals surface area contributed by atoms with Gasteiger partial charge in [0.25, 0.3) is 0 Å². The van der Waals surface area contributed by atoms with Gasteiger partial charge in [0.05, 0.1) is 17.6 Å². The number of nitrogens with two attached hydrogens (primary N) is 1. The lowest BCUT2D eigenvalue weighted by Gasteiger charge is -2.00. The highest BCUT2D eigenvalue weighted by atomic mass is 15.4. The van der Waals surface area contributed by atoms with Gasteiger partial charge in [-0.1, -0.05) is 17.3 Å². The van der Waals surface area contributed by atoms with Gasteiger partial charge < -0.3 is 5.73 Å². The molecule has 3 aromatic rings. The van der Waals surface area contributed by atoms with Gasteiger partial charge in [-0.05, 0) is 30.3 Å². The van der Waals surface area contributed by atoms with E-state index in [0.717, 1.165) is 17.1 Å². The van der Waals surface area contributed by atoms with Crippen LogP contribution in [0.15, 0.2) is 54.9 Å². The van der Waals surface area contributed by atoms with E-state index in [9.17, 15) is 0 Å². The molecule has 0 aliphatic rings. The molecule has 5 heteroatoms. The summed E-state index contributed by atoms with van der Waals surface area (Å²) in [6.07, 6.45) is 3.56. The number of hydrogen-bond donors (Lipinski definition) is 1. The molecule has 0 unspecified atom stereocenters. The van der Waals surface area contributed by atoms with Crippen molar-refractivity contribution in [3.8, 4) is 17.1 Å². The standard InChI is InChI=1S/C13H11N5/c14-10-4-3-5-11(8-10)18-9-13(16-17-18)12-6-1-2-7-15-12/h1-9H,14H2. The van der Waals surface area contributed by atoms with Crippen LogP contribution >= 0.6 is 0 Å². The molecule has 2 aromatic heterocycles. The quantitative estimate of drug-likeness (QED) is 0.691. The molecule has 0 saturated heterocycles. The summed E-state index contributed by atoms with van der Waals surface area (Å²) in [5.41, 5.74) is 8.85. The molecular weight excluding hydrogens is 226 g/mol. The summed E-state index contributed by atoms with van der Waals surface area (Å²) in [6, 6.07) is 13.2. The van der Waals surface area contributed by atoms with Crippen molar-refractivity contribution in [1.29, 1.82) is 0 Å². The van der Waals surface area contributed by atoms with E-state index < -0.39 is 0 Å². The topological polar surface area (TPSA) is 69.6 Å². The Hall–Kier alpha value is -2.69. The van der Waals surface area contributed by atoms with Gasteiger partial charge in [0, 0.05) is 11.9 Å². The zero-order valence-corrected chi connectivity index (χ0v) is 9.56. The Kier molecular flexibility index (Phi) is 2.49. The van der Waals surface area contributed by atoms with Crippen LogP contribution in [-0.4, -0.2) is 20.0 Å². The minimum atomic E-state index is 0.697. The Morgan fingerprint density at radius 1 is 1.00 bits per heavy atom. The van der Waals surface area contributed by atoms with Crippen LogP contribution < -0.4 is 5.73 Å². The molecule has 0 fully saturated rings. The number of nitrogen functional groups attached to an aromatic ring is 1. The lowest BCUT2D eigenvalue weighted by Crippen LogP contribution is -1.95. The third kappa shape index (κ3) is 1.93. The van der Waals surface area contributed by atoms with E-state index in [1.54, 1.807) is 10.9 Å². The molecule has 0 amide bonds. The highest BCUT2D eigenvalue weighted by molar-refractivity contribution is 5.53. The van der Waals surface area contributed by atoms with Gasteiger partial charge in [-0.2, -0.15) is 0 Å². The van der Waals surface area contributed by atoms with E-state index in [2.05, 4.69) is 15.3 Å². The minimum Gasteiger partial charge on any atom is -0.399 e. The van der Waals surface area contributed by atoms with E-state index in [-0.39, 0.29) is 0 Å². The van der Waals surface area contributed by atoms with Crippen molar-refractivity contribution < 1.29 is 0 Å². The summed E-state index contributed by atoms with van der Waals surface area (Å²) in [6.45, 7) is 0. The normalized spacial score (nSPS) is 10.4. The molecule has 1 aromatic carbocycles. The van der Waals surface area contributed by atoms with Gasteiger partial charge in [-0.15, -0.1) is 5.10 Å². The monoisotopic (exact) mass is 237 g/mol. The van der Waals surface area contributed by atoms with Gasteiger partial charge in [-0.25, -0.2) is 4.68 Å². The maximum Gasteiger partial charge on any atom is 0.131 e. The second-order valence-corrected chi connectivity index (χ2v) is 3.86. The molecule has 0 atom stereocenters. The SMILES string of the molecule is Nc1cccc(-n2cc(-c3ccccn3)nn2)c1. The van der Waals surface area contributed by atoms with E-state index in [1.165, 1.54) is 0 Å². The van der Waals surface area contributed by atoms with Crippen LogP contribution in [0.1, 0.15) is 0 Å². The average molecular weight is 237 g/mol. The van der Waals surface area contributed by atoms with Crippen LogP contribution in [0.4, 0.5) is 5.69 Å². The molecule has 0 aliphatic carbocycles. The molecular formula is C13H11N5. The lowest BCUT2D eigenvalue weighted by atomic mass is 10.3. The first kappa shape index (κ1) is 10.5. The number of rotatable bonds is 2. The van der Waals surface area contributed by atoms with Crippen molar-refractivity contribution in [2.45, 2.75) is 0 Å². The van der Waals surface area contributed by atoms with Crippen LogP contribution in [0.3, 0.4) is 0 Å². The second-order valence-electron chi connectivity index (χ2n) is 3.86. The van der Waals surface area contributed by atoms with E-state index in [0.29, 0.717) is 5.69 Å². The fourth-order valence-electron chi connectivity index (χ4n) is 1.69. The molecule has 18 heavy (non-hydrogen) atoms. The highest BCUT2D eigenvalue weighted by Gasteiger charge is 2.05. The molecule has 0 saturated carbocycles. The summed E-state index contributed by atoms with van der Waals surface area (Å²) in [5, 5.41) is 8.18. The first-order chi connectivity index (χ1) is 8.83. The number of hydrogen-bond acceptors (Lipinski definition) is 4. The number of nitrogens with zero attached hydrogens (tertiary/aromatic N) is 4. The van der Waals surface area contributed by atoms with Gasteiger partial charge >= 0.3 is 0 Å². The zero-order chi connectivity index (χ0) is 12.4. The van der Waals surface area contributed by atoms with Gasteiger partial charge in [0.2, 0.25) is 0 Å². The molecule has 2 N–H and O–H groups in total. The average Bonchev–Trinajstić information content (AvgIpc) is 2.89. The van der Waals surface area contributed by atoms with E-state index >= 15 is 0 Å². The maximum absolute atomic E-state index is 5.74. The molecule has 5 nitrogen and oxygen atoms in total. The second kappa shape index (κ2) is 4.29. The highest BCUT2D eigenvalue weighted by Crippen LogP contribution is 2.16. The van der Waals surface area contributed by atoms with Crippen molar-refractivity contribution in [3.05, 3.63) is 54.9 Å². The molecule has 2 heterocycles. The van der Waals surface area contributed by atoms with E-state index in [1.807, 2.05) is 48.7 Å². The Bertz CT molecular complexity index is 660. The largest absolute Gasteiger partial charge is 0.399 e. The predicted octanol–water partition coefficient (Wildman–Crippen LogP) is 1.91. The van der Waals surface area contributed by atoms with Crippen LogP contribution in [-0.2, 0) is 0 Å². The summed E-state index contributed by atoms with van der Waals surface area (Å²) in [7, 11) is 0. The van der Waals surface area contributed by atoms with E-state index in [4.69, 9.17) is 5.73 Å². The van der Waals surface area contributed by atoms with Crippen LogP contribution in [0.5, 0.6) is 0 Å². The first-order valence-corrected chi connectivity index (χ1v) is 5.52. The van der Waals surface area contributed by atoms with Gasteiger partial charge in [0.15, 0.2) is 0 Å². The molecule has 0 bridgehead atoms. The Balaban J connectivity index is 2.00. The Morgan fingerprint density at radius 2 is 1.94 bits per heavy atom. The first-order valence-electron chi connectivity index (χ1n) is 5.52. The van der Waals surface area contributed by atoms with Crippen molar-refractivity contribution >= 4 is 5.69 Å². The molecule has 0 spiro atoms. The van der Waals surface area contributed by atoms with Crippen LogP contribution in [0.25, 0.3) is 17.1 Å². The fourth-order valence-corrected chi connectivity index (χ4v) is 1.69. The smallest absolute Gasteiger partial charge is 0.131 e. The lowest BCUT2D eigenvalue weighted by molar-refractivity contribution is 0.804. The fraction of sp³-hybridized carbons (Fsp3) is 0. The number of anilines is 1. The van der Waals surface area contributed by atoms with Crippen molar-refractivity contribution in [3.63, 3.8) is 0 Å². The van der Waals surface area contributed by atoms with Crippen LogP contribution in [0, 0.1) is 0 Å². The maximum atomic E-state index is 5.74. The van der Waals surface area contributed by atoms with Crippen molar-refractivity contribution in [2.75, 3.05) is 5.73 Å². The Morgan fingerprint density at radius 3 is 2.72 bits per heavy atom. The van der Waals surface area contributed by atoms with Gasteiger partial charge in [-0.3, -0.25) is 4.98 Å². The predicted molar refractivity (Wildman–Crippen MR) is 69.0 cm³/mol. The zero-order valence-electron chi connectivity index (χ0n) is 9.56. The third-order valence-corrected chi connectivity index (χ3v) is 2.56. The number of pyridine rings is 1. The minimum absolute atomic E-state index is 0.697. The van der Waals surface area contributed by atoms with Gasteiger partial charge in [0.1, 0.15) is 5.69 Å². The summed E-state index contributed by atoms with van der Waals surface area (Å²) in [4.78, 5) is 4.23. The molecule has 3 rings (SSSR count). The molecule has 88 valence electrons. The number of aromatic nitrogens is 4. The molecule has 0 radical (unpaired) electrons. The van der Waals surface area contributed by atoms with Crippen molar-refractivity contribution in [1.82, 2.24) is 20.0 Å². The third-order valence-electron chi connectivity index (χ3n) is 2.56. The summed E-state index contributed by atoms with van der Waals surface area (Å²) < 4.78 is 1.68. The summed E-state index contributed by atoms with van der Waals surface area (Å²) in [5.74, 6) is 0. The molecule has 0 aliphatic heterocycles. The van der Waals surface area contributed by atoms with Crippen LogP contribution in [0.2, 0.25) is 0 Å². The van der Waals surface area contributed by atoms with Crippen molar-refractivity contribution in [2.24, 2.45) is 0 Å². The Labute approximate surface area is 104 Å². The number of benzene rings is 1. The summed E-state index contributed by atoms with van der Waals surface area (Å²) >= 11 is 0.